The molecule has 4 aliphatic rings. The smallest absolute Gasteiger partial charge is 0.353 e. The number of aliphatic hydroxyl groups is 4. The van der Waals surface area contributed by atoms with Crippen LogP contribution in [-0.4, -0.2) is 115 Å². The van der Waals surface area contributed by atoms with Gasteiger partial charge in [0.1, 0.15) is 11.5 Å². The predicted octanol–water partition coefficient (Wildman–Crippen LogP) is -0.523. The number of piperidine rings is 1. The van der Waals surface area contributed by atoms with Gasteiger partial charge in [-0.25, -0.2) is 19.2 Å². The van der Waals surface area contributed by atoms with Gasteiger partial charge in [-0.05, 0) is 38.1 Å². The van der Waals surface area contributed by atoms with Gasteiger partial charge >= 0.3 is 29.8 Å². The second-order valence-electron chi connectivity index (χ2n) is 12.8. The number of aliphatic hydroxyl groups excluding tert-OH is 3. The second-order valence-corrected chi connectivity index (χ2v) is 12.8. The van der Waals surface area contributed by atoms with Crippen LogP contribution in [0.3, 0.4) is 0 Å². The van der Waals surface area contributed by atoms with E-state index < -0.39 is 77.8 Å². The van der Waals surface area contributed by atoms with Crippen molar-refractivity contribution < 1.29 is 73.6 Å². The first-order valence-electron chi connectivity index (χ1n) is 15.8. The van der Waals surface area contributed by atoms with Crippen LogP contribution in [0.1, 0.15) is 47.6 Å². The third-order valence-electron chi connectivity index (χ3n) is 10.1. The molecule has 0 unspecified atom stereocenters. The SMILES string of the molecule is CN1CC[C@]23c4c5ccc(CO)c4O[C@H]2C(OC(=O)[C@H](O)[C@@H](O)C(=O)O[C@H](C(=O)O[C@H](CC(=O)O)C(=O)O)c2ccccc2)=CC[C@@]3(O)[C@H]1C5. The summed E-state index contributed by atoms with van der Waals surface area (Å²) in [5.74, 6) is -7.76. The van der Waals surface area contributed by atoms with Crippen molar-refractivity contribution in [3.8, 4) is 5.75 Å². The molecule has 16 nitrogen and oxygen atoms in total. The van der Waals surface area contributed by atoms with Crippen LogP contribution in [0.4, 0.5) is 0 Å². The lowest BCUT2D eigenvalue weighted by Gasteiger charge is -2.61. The zero-order valence-corrected chi connectivity index (χ0v) is 26.6. The molecule has 6 N–H and O–H groups in total. The molecule has 1 fully saturated rings. The Bertz CT molecular complexity index is 1760. The summed E-state index contributed by atoms with van der Waals surface area (Å²) in [6.07, 6.45) is -9.11. The first-order valence-corrected chi connectivity index (χ1v) is 15.8. The summed E-state index contributed by atoms with van der Waals surface area (Å²) in [5.41, 5.74) is -0.379. The van der Waals surface area contributed by atoms with Gasteiger partial charge in [-0.15, -0.1) is 0 Å². The predicted molar refractivity (Wildman–Crippen MR) is 164 cm³/mol. The van der Waals surface area contributed by atoms with Crippen molar-refractivity contribution in [2.24, 2.45) is 0 Å². The molecule has 2 aliphatic heterocycles. The molecule has 16 heteroatoms. The van der Waals surface area contributed by atoms with Crippen LogP contribution in [0.2, 0.25) is 0 Å². The van der Waals surface area contributed by atoms with Crippen molar-refractivity contribution in [2.45, 2.75) is 79.9 Å². The fourth-order valence-corrected chi connectivity index (χ4v) is 7.67. The average Bonchev–Trinajstić information content (AvgIpc) is 3.45. The third kappa shape index (κ3) is 5.58. The highest BCUT2D eigenvalue weighted by atomic mass is 16.6. The van der Waals surface area contributed by atoms with Gasteiger partial charge in [0.05, 0.1) is 24.0 Å². The maximum Gasteiger partial charge on any atom is 0.353 e. The Morgan fingerprint density at radius 3 is 2.34 bits per heavy atom. The van der Waals surface area contributed by atoms with Crippen LogP contribution in [0.5, 0.6) is 5.75 Å². The Morgan fingerprint density at radius 1 is 0.980 bits per heavy atom. The van der Waals surface area contributed by atoms with Crippen molar-refractivity contribution >= 4 is 29.8 Å². The minimum Gasteiger partial charge on any atom is -0.481 e. The van der Waals surface area contributed by atoms with E-state index in [1.165, 1.54) is 30.3 Å². The van der Waals surface area contributed by atoms with E-state index >= 15 is 0 Å². The van der Waals surface area contributed by atoms with E-state index in [0.29, 0.717) is 30.7 Å². The van der Waals surface area contributed by atoms with Crippen molar-refractivity contribution in [3.05, 3.63) is 76.6 Å². The molecule has 266 valence electrons. The third-order valence-corrected chi connectivity index (χ3v) is 10.1. The molecule has 2 aromatic carbocycles. The number of hydrogen-bond donors (Lipinski definition) is 6. The van der Waals surface area contributed by atoms with E-state index in [1.54, 1.807) is 12.1 Å². The Hall–Kier alpha value is -4.87. The lowest BCUT2D eigenvalue weighted by atomic mass is 9.50. The number of esters is 3. The van der Waals surface area contributed by atoms with Gasteiger partial charge in [-0.3, -0.25) is 4.79 Å². The number of carboxylic acids is 2. The molecule has 0 saturated carbocycles. The molecule has 0 radical (unpaired) electrons. The van der Waals surface area contributed by atoms with Crippen molar-refractivity contribution in [1.29, 1.82) is 0 Å². The van der Waals surface area contributed by atoms with E-state index in [-0.39, 0.29) is 30.4 Å². The molecule has 6 rings (SSSR count). The van der Waals surface area contributed by atoms with Gasteiger partial charge in [0.2, 0.25) is 12.2 Å². The highest BCUT2D eigenvalue weighted by molar-refractivity contribution is 5.89. The van der Waals surface area contributed by atoms with Crippen LogP contribution >= 0.6 is 0 Å². The number of ether oxygens (including phenoxy) is 4. The average molecular weight is 698 g/mol. The van der Waals surface area contributed by atoms with Crippen LogP contribution in [-0.2, 0) is 56.6 Å². The Morgan fingerprint density at radius 2 is 1.68 bits per heavy atom. The van der Waals surface area contributed by atoms with Crippen LogP contribution in [0.25, 0.3) is 0 Å². The molecule has 2 aromatic rings. The number of carboxylic acid groups (broad SMARTS) is 2. The van der Waals surface area contributed by atoms with Gasteiger partial charge in [0.15, 0.2) is 18.3 Å². The number of likely N-dealkylation sites (N-methyl/N-ethyl adjacent to an activating group) is 1. The largest absolute Gasteiger partial charge is 0.481 e. The van der Waals surface area contributed by atoms with E-state index in [9.17, 15) is 49.5 Å². The van der Waals surface area contributed by atoms with Gasteiger partial charge in [-0.2, -0.15) is 0 Å². The maximum atomic E-state index is 13.3. The number of carbonyl (C=O) groups excluding carboxylic acids is 3. The second kappa shape index (κ2) is 13.1. The summed E-state index contributed by atoms with van der Waals surface area (Å²) in [4.78, 5) is 63.8. The molecule has 2 bridgehead atoms. The fraction of sp³-hybridized carbons (Fsp3) is 0.441. The quantitative estimate of drug-likeness (QED) is 0.121. The van der Waals surface area contributed by atoms with Gasteiger partial charge in [-0.1, -0.05) is 42.5 Å². The topological polar surface area (TPSA) is 247 Å². The number of benzene rings is 2. The molecular weight excluding hydrogens is 662 g/mol. The lowest BCUT2D eigenvalue weighted by Crippen LogP contribution is -2.74. The monoisotopic (exact) mass is 697 g/mol. The summed E-state index contributed by atoms with van der Waals surface area (Å²) in [5, 5.41) is 62.1. The number of rotatable bonds is 12. The molecule has 0 amide bonds. The number of hydrogen-bond acceptors (Lipinski definition) is 14. The normalized spacial score (nSPS) is 26.9. The molecule has 2 heterocycles. The first kappa shape index (κ1) is 35.0. The molecule has 0 aromatic heterocycles. The van der Waals surface area contributed by atoms with Crippen molar-refractivity contribution in [2.75, 3.05) is 13.6 Å². The number of carbonyl (C=O) groups is 5. The highest BCUT2D eigenvalue weighted by Gasteiger charge is 2.72. The van der Waals surface area contributed by atoms with Gasteiger partial charge in [0, 0.05) is 29.2 Å². The Kier molecular flexibility index (Phi) is 9.17. The van der Waals surface area contributed by atoms with Crippen LogP contribution in [0.15, 0.2) is 54.3 Å². The minimum atomic E-state index is -2.62. The van der Waals surface area contributed by atoms with E-state index in [2.05, 4.69) is 4.90 Å². The summed E-state index contributed by atoms with van der Waals surface area (Å²) in [6.45, 7) is 0.213. The zero-order chi connectivity index (χ0) is 36.1. The number of likely N-dealkylation sites (tertiary alicyclic amines) is 1. The zero-order valence-electron chi connectivity index (χ0n) is 26.6. The summed E-state index contributed by atoms with van der Waals surface area (Å²) >= 11 is 0. The summed E-state index contributed by atoms with van der Waals surface area (Å²) in [6, 6.07) is 10.3. The number of nitrogens with zero attached hydrogens (tertiary/aromatic N) is 1. The molecule has 8 atom stereocenters. The number of aliphatic carboxylic acids is 2. The molecule has 50 heavy (non-hydrogen) atoms. The standard InChI is InChI=1S/C34H35NO15/c1-35-12-11-33-23-17-7-8-18(15-36)26(23)49-28(33)19(9-10-34(33,46)21(35)13-17)47-30(43)24(39)25(40)31(44)50-27(16-5-3-2-4-6-16)32(45)48-20(29(41)42)14-22(37)38/h2-9,20-21,24-25,27-28,36,39-40,46H,10-15H2,1H3,(H,37,38)(H,41,42)/t20-,21-,24-,25-,27+,28+,33+,34-/m1/s1. The van der Waals surface area contributed by atoms with Gasteiger partial charge in [0.25, 0.3) is 0 Å². The van der Waals surface area contributed by atoms with E-state index in [1.807, 2.05) is 13.1 Å². The molecular formula is C34H35NO15. The van der Waals surface area contributed by atoms with Gasteiger partial charge < -0.3 is 54.5 Å². The summed E-state index contributed by atoms with van der Waals surface area (Å²) < 4.78 is 21.8. The van der Waals surface area contributed by atoms with Crippen LogP contribution in [0, 0.1) is 0 Å². The fourth-order valence-electron chi connectivity index (χ4n) is 7.67. The first-order chi connectivity index (χ1) is 23.7. The minimum absolute atomic E-state index is 0.0352. The summed E-state index contributed by atoms with van der Waals surface area (Å²) in [7, 11) is 1.91. The molecule has 1 spiro atoms. The Balaban J connectivity index is 1.21. The van der Waals surface area contributed by atoms with Crippen LogP contribution < -0.4 is 4.74 Å². The van der Waals surface area contributed by atoms with Crippen molar-refractivity contribution in [3.63, 3.8) is 0 Å². The molecule has 2 aliphatic carbocycles. The highest BCUT2D eigenvalue weighted by Crippen LogP contribution is 2.64. The van der Waals surface area contributed by atoms with E-state index in [4.69, 9.17) is 24.1 Å². The van der Waals surface area contributed by atoms with Crippen molar-refractivity contribution in [1.82, 2.24) is 4.90 Å². The maximum absolute atomic E-state index is 13.3. The molecule has 1 saturated heterocycles. The lowest BCUT2D eigenvalue weighted by molar-refractivity contribution is -0.187. The Labute approximate surface area is 284 Å². The van der Waals surface area contributed by atoms with E-state index in [0.717, 1.165) is 11.1 Å².